The molecule has 0 spiro atoms. The Morgan fingerprint density at radius 1 is 1.21 bits per heavy atom. The van der Waals surface area contributed by atoms with E-state index < -0.39 is 0 Å². The highest BCUT2D eigenvalue weighted by atomic mass is 32.2. The highest BCUT2D eigenvalue weighted by molar-refractivity contribution is 7.98. The molecule has 0 aliphatic heterocycles. The van der Waals surface area contributed by atoms with Gasteiger partial charge in [0.05, 0.1) is 17.8 Å². The van der Waals surface area contributed by atoms with Crippen LogP contribution in [0, 0.1) is 5.92 Å². The third-order valence-corrected chi connectivity index (χ3v) is 5.62. The monoisotopic (exact) mass is 396 g/mol. The van der Waals surface area contributed by atoms with Crippen LogP contribution in [0.15, 0.2) is 35.2 Å². The lowest BCUT2D eigenvalue weighted by Gasteiger charge is -2.14. The Labute approximate surface area is 170 Å². The average Bonchev–Trinajstić information content (AvgIpc) is 3.44. The first-order valence-electron chi connectivity index (χ1n) is 9.97. The summed E-state index contributed by atoms with van der Waals surface area (Å²) >= 11 is 1.73. The second-order valence-electron chi connectivity index (χ2n) is 7.91. The summed E-state index contributed by atoms with van der Waals surface area (Å²) in [6.07, 6.45) is 4.63. The molecule has 5 nitrogen and oxygen atoms in total. The standard InChI is InChI=1S/C22H28N4OS/c1-14(2)13-27-22-17(8-16-6-7-19(28-3)10-20(16)24-22)11-23-12-18-9-21(26-25-18)15-4-5-15/h6-10,14-15,23H,4-5,11-13H2,1-3H3,(H,25,26). The molecule has 0 amide bonds. The molecule has 2 N–H and O–H groups in total. The van der Waals surface area contributed by atoms with Crippen LogP contribution in [0.3, 0.4) is 0 Å². The topological polar surface area (TPSA) is 62.8 Å². The van der Waals surface area contributed by atoms with Crippen molar-refractivity contribution in [1.29, 1.82) is 0 Å². The Kier molecular flexibility index (Phi) is 5.87. The SMILES string of the molecule is CSc1ccc2cc(CNCc3cc(C4CC4)n[nH]3)c(OCC(C)C)nc2c1. The van der Waals surface area contributed by atoms with Crippen LogP contribution < -0.4 is 10.1 Å². The number of benzene rings is 1. The molecule has 1 aliphatic carbocycles. The summed E-state index contributed by atoms with van der Waals surface area (Å²) in [5.41, 5.74) is 4.41. The lowest BCUT2D eigenvalue weighted by atomic mass is 10.1. The molecule has 28 heavy (non-hydrogen) atoms. The molecule has 1 aliphatic rings. The van der Waals surface area contributed by atoms with Crippen LogP contribution in [0.2, 0.25) is 0 Å². The van der Waals surface area contributed by atoms with E-state index in [1.54, 1.807) is 11.8 Å². The number of aromatic nitrogens is 3. The molecule has 148 valence electrons. The minimum atomic E-state index is 0.460. The zero-order valence-corrected chi connectivity index (χ0v) is 17.6. The molecule has 0 saturated heterocycles. The second kappa shape index (κ2) is 8.53. The van der Waals surface area contributed by atoms with Crippen molar-refractivity contribution < 1.29 is 4.74 Å². The van der Waals surface area contributed by atoms with Crippen LogP contribution in [0.5, 0.6) is 5.88 Å². The van der Waals surface area contributed by atoms with Crippen molar-refractivity contribution in [3.8, 4) is 5.88 Å². The molecular formula is C22H28N4OS. The first kappa shape index (κ1) is 19.3. The lowest BCUT2D eigenvalue weighted by molar-refractivity contribution is 0.259. The Balaban J connectivity index is 1.49. The number of ether oxygens (including phenoxy) is 1. The van der Waals surface area contributed by atoms with E-state index in [0.717, 1.165) is 34.6 Å². The van der Waals surface area contributed by atoms with Crippen LogP contribution in [0.4, 0.5) is 0 Å². The Morgan fingerprint density at radius 3 is 2.82 bits per heavy atom. The third-order valence-electron chi connectivity index (χ3n) is 4.89. The number of H-pyrrole nitrogens is 1. The van der Waals surface area contributed by atoms with E-state index in [0.29, 0.717) is 25.0 Å². The molecule has 6 heteroatoms. The van der Waals surface area contributed by atoms with Crippen molar-refractivity contribution >= 4 is 22.7 Å². The summed E-state index contributed by atoms with van der Waals surface area (Å²) in [4.78, 5) is 6.04. The van der Waals surface area contributed by atoms with Gasteiger partial charge in [-0.25, -0.2) is 4.98 Å². The van der Waals surface area contributed by atoms with Gasteiger partial charge >= 0.3 is 0 Å². The highest BCUT2D eigenvalue weighted by Gasteiger charge is 2.25. The quantitative estimate of drug-likeness (QED) is 0.505. The number of pyridine rings is 1. The molecule has 0 radical (unpaired) electrons. The summed E-state index contributed by atoms with van der Waals surface area (Å²) in [5.74, 6) is 1.87. The van der Waals surface area contributed by atoms with Gasteiger partial charge in [0.1, 0.15) is 0 Å². The van der Waals surface area contributed by atoms with Gasteiger partial charge in [-0.1, -0.05) is 19.9 Å². The Hall–Kier alpha value is -2.05. The molecule has 0 atom stereocenters. The van der Waals surface area contributed by atoms with Crippen molar-refractivity contribution in [3.63, 3.8) is 0 Å². The number of nitrogens with zero attached hydrogens (tertiary/aromatic N) is 2. The van der Waals surface area contributed by atoms with Gasteiger partial charge in [-0.3, -0.25) is 5.10 Å². The first-order chi connectivity index (χ1) is 13.6. The molecule has 1 aromatic carbocycles. The first-order valence-corrected chi connectivity index (χ1v) is 11.2. The van der Waals surface area contributed by atoms with E-state index in [9.17, 15) is 0 Å². The number of aromatic amines is 1. The number of hydrogen-bond acceptors (Lipinski definition) is 5. The molecule has 4 rings (SSSR count). The van der Waals surface area contributed by atoms with Gasteiger partial charge in [0.15, 0.2) is 0 Å². The molecule has 1 fully saturated rings. The van der Waals surface area contributed by atoms with Crippen molar-refractivity contribution in [1.82, 2.24) is 20.5 Å². The van der Waals surface area contributed by atoms with Crippen molar-refractivity contribution in [2.45, 2.75) is 50.6 Å². The predicted molar refractivity (Wildman–Crippen MR) is 115 cm³/mol. The Morgan fingerprint density at radius 2 is 2.07 bits per heavy atom. The fraction of sp³-hybridized carbons (Fsp3) is 0.455. The van der Waals surface area contributed by atoms with Gasteiger partial charge < -0.3 is 10.1 Å². The Bertz CT molecular complexity index is 949. The molecule has 1 saturated carbocycles. The molecule has 3 aromatic rings. The van der Waals surface area contributed by atoms with Gasteiger partial charge in [0.25, 0.3) is 0 Å². The van der Waals surface area contributed by atoms with E-state index in [2.05, 4.69) is 65.9 Å². The summed E-state index contributed by atoms with van der Waals surface area (Å²) < 4.78 is 6.05. The number of thioether (sulfide) groups is 1. The van der Waals surface area contributed by atoms with Crippen molar-refractivity contribution in [3.05, 3.63) is 47.3 Å². The van der Waals surface area contributed by atoms with Gasteiger partial charge in [-0.2, -0.15) is 5.10 Å². The molecule has 2 heterocycles. The predicted octanol–water partition coefficient (Wildman–Crippen LogP) is 4.88. The maximum Gasteiger partial charge on any atom is 0.218 e. The molecule has 0 bridgehead atoms. The summed E-state index contributed by atoms with van der Waals surface area (Å²) in [5, 5.41) is 12.2. The van der Waals surface area contributed by atoms with Gasteiger partial charge in [0.2, 0.25) is 5.88 Å². The maximum atomic E-state index is 6.05. The number of rotatable bonds is 9. The molecular weight excluding hydrogens is 368 g/mol. The van der Waals surface area contributed by atoms with E-state index >= 15 is 0 Å². The van der Waals surface area contributed by atoms with E-state index in [-0.39, 0.29) is 0 Å². The lowest BCUT2D eigenvalue weighted by Crippen LogP contribution is -2.15. The fourth-order valence-electron chi connectivity index (χ4n) is 3.19. The van der Waals surface area contributed by atoms with Crippen LogP contribution in [0.25, 0.3) is 10.9 Å². The summed E-state index contributed by atoms with van der Waals surface area (Å²) in [6, 6.07) is 10.8. The third kappa shape index (κ3) is 4.67. The van der Waals surface area contributed by atoms with Crippen LogP contribution >= 0.6 is 11.8 Å². The highest BCUT2D eigenvalue weighted by Crippen LogP contribution is 2.39. The average molecular weight is 397 g/mol. The summed E-state index contributed by atoms with van der Waals surface area (Å²) in [7, 11) is 0. The van der Waals surface area contributed by atoms with Crippen LogP contribution in [-0.2, 0) is 13.1 Å². The van der Waals surface area contributed by atoms with Gasteiger partial charge in [-0.15, -0.1) is 11.8 Å². The normalized spacial score (nSPS) is 14.1. The van der Waals surface area contributed by atoms with Crippen LogP contribution in [-0.4, -0.2) is 28.0 Å². The van der Waals surface area contributed by atoms with Gasteiger partial charge in [-0.05, 0) is 49.3 Å². The number of fused-ring (bicyclic) bond motifs is 1. The van der Waals surface area contributed by atoms with Gasteiger partial charge in [0, 0.05) is 40.5 Å². The largest absolute Gasteiger partial charge is 0.477 e. The minimum Gasteiger partial charge on any atom is -0.477 e. The smallest absolute Gasteiger partial charge is 0.218 e. The van der Waals surface area contributed by atoms with Crippen molar-refractivity contribution in [2.24, 2.45) is 5.92 Å². The minimum absolute atomic E-state index is 0.460. The van der Waals surface area contributed by atoms with E-state index in [1.807, 2.05) is 0 Å². The number of nitrogens with one attached hydrogen (secondary N) is 2. The zero-order chi connectivity index (χ0) is 19.5. The fourth-order valence-corrected chi connectivity index (χ4v) is 3.62. The van der Waals surface area contributed by atoms with Crippen LogP contribution in [0.1, 0.15) is 49.6 Å². The molecule has 0 unspecified atom stereocenters. The van der Waals surface area contributed by atoms with E-state index in [4.69, 9.17) is 9.72 Å². The zero-order valence-electron chi connectivity index (χ0n) is 16.8. The summed E-state index contributed by atoms with van der Waals surface area (Å²) in [6.45, 7) is 6.44. The molecule has 2 aromatic heterocycles. The number of hydrogen-bond donors (Lipinski definition) is 2. The maximum absolute atomic E-state index is 6.05. The van der Waals surface area contributed by atoms with Crippen molar-refractivity contribution in [2.75, 3.05) is 12.9 Å². The second-order valence-corrected chi connectivity index (χ2v) is 8.79. The van der Waals surface area contributed by atoms with E-state index in [1.165, 1.54) is 23.4 Å².